The fraction of sp³-hybridized carbons (Fsp3) is 0.812. The van der Waals surface area contributed by atoms with E-state index >= 15 is 0 Å². The van der Waals surface area contributed by atoms with E-state index in [9.17, 15) is 13.2 Å². The van der Waals surface area contributed by atoms with Crippen LogP contribution in [0.25, 0.3) is 0 Å². The van der Waals surface area contributed by atoms with E-state index in [4.69, 9.17) is 14.5 Å². The van der Waals surface area contributed by atoms with E-state index < -0.39 is 18.2 Å². The van der Waals surface area contributed by atoms with E-state index in [-0.39, 0.29) is 17.6 Å². The van der Waals surface area contributed by atoms with Gasteiger partial charge >= 0.3 is 6.18 Å². The summed E-state index contributed by atoms with van der Waals surface area (Å²) in [6.45, 7) is 1.46. The van der Waals surface area contributed by atoms with Gasteiger partial charge in [-0.1, -0.05) is 5.16 Å². The van der Waals surface area contributed by atoms with Crippen molar-refractivity contribution < 1.29 is 22.4 Å². The van der Waals surface area contributed by atoms with E-state index in [1.54, 1.807) is 0 Å². The molecule has 0 radical (unpaired) electrons. The molecule has 0 spiro atoms. The molecule has 2 fully saturated rings. The highest BCUT2D eigenvalue weighted by Gasteiger charge is 2.44. The van der Waals surface area contributed by atoms with Gasteiger partial charge in [0.15, 0.2) is 5.82 Å². The zero-order valence-corrected chi connectivity index (χ0v) is 14.1. The Balaban J connectivity index is 1.65. The van der Waals surface area contributed by atoms with Crippen LogP contribution in [0.1, 0.15) is 43.8 Å². The van der Waals surface area contributed by atoms with Crippen LogP contribution in [0.3, 0.4) is 0 Å². The Morgan fingerprint density at radius 3 is 2.64 bits per heavy atom. The molecule has 1 saturated heterocycles. The van der Waals surface area contributed by atoms with Gasteiger partial charge < -0.3 is 14.2 Å². The highest BCUT2D eigenvalue weighted by atomic mass is 19.4. The van der Waals surface area contributed by atoms with Gasteiger partial charge in [0, 0.05) is 32.2 Å². The summed E-state index contributed by atoms with van der Waals surface area (Å²) in [5.41, 5.74) is -0.833. The van der Waals surface area contributed by atoms with Crippen LogP contribution in [0, 0.1) is 17.2 Å². The molecule has 0 aromatic carbocycles. The molecule has 1 aromatic rings. The minimum atomic E-state index is -4.37. The molecule has 1 aromatic heterocycles. The summed E-state index contributed by atoms with van der Waals surface area (Å²) >= 11 is 0. The minimum absolute atomic E-state index is 0.121. The molecule has 2 aliphatic rings. The Bertz CT molecular complexity index is 632. The molecule has 2 unspecified atom stereocenters. The molecule has 0 amide bonds. The quantitative estimate of drug-likeness (QED) is 0.824. The predicted molar refractivity (Wildman–Crippen MR) is 80.3 cm³/mol. The summed E-state index contributed by atoms with van der Waals surface area (Å²) in [7, 11) is 1.52. The largest absolute Gasteiger partial charge is 0.396 e. The van der Waals surface area contributed by atoms with Crippen molar-refractivity contribution in [1.29, 1.82) is 5.26 Å². The highest BCUT2D eigenvalue weighted by Crippen LogP contribution is 2.38. The van der Waals surface area contributed by atoms with Crippen LogP contribution in [0.4, 0.5) is 13.2 Å². The summed E-state index contributed by atoms with van der Waals surface area (Å²) in [5, 5.41) is 12.5. The van der Waals surface area contributed by atoms with E-state index in [0.29, 0.717) is 18.9 Å². The standard InChI is InChI=1S/C16H21F3N4O2/c1-24-15(14-21-13(22-25-14)9-16(17,18)19)4-6-23(7-5-15)12-3-2-11(8-12)10-20/h11-12H,2-9H2,1H3. The number of nitrogens with zero attached hydrogens (tertiary/aromatic N) is 4. The number of rotatable bonds is 4. The van der Waals surface area contributed by atoms with Gasteiger partial charge in [-0.05, 0) is 32.1 Å². The second-order valence-corrected chi connectivity index (χ2v) is 6.83. The number of hydrogen-bond donors (Lipinski definition) is 0. The second kappa shape index (κ2) is 6.92. The third-order valence-corrected chi connectivity index (χ3v) is 5.32. The number of methoxy groups -OCH3 is 1. The summed E-state index contributed by atoms with van der Waals surface area (Å²) < 4.78 is 48.1. The van der Waals surface area contributed by atoms with Crippen molar-refractivity contribution in [2.45, 2.75) is 56.3 Å². The Labute approximate surface area is 143 Å². The average molecular weight is 358 g/mol. The molecule has 2 atom stereocenters. The van der Waals surface area contributed by atoms with Crippen molar-refractivity contribution in [3.63, 3.8) is 0 Å². The number of nitriles is 1. The van der Waals surface area contributed by atoms with E-state index in [2.05, 4.69) is 21.1 Å². The summed E-state index contributed by atoms with van der Waals surface area (Å²) in [4.78, 5) is 6.26. The number of alkyl halides is 3. The summed E-state index contributed by atoms with van der Waals surface area (Å²) in [6.07, 6.45) is -1.61. The molecule has 6 nitrogen and oxygen atoms in total. The lowest BCUT2D eigenvalue weighted by molar-refractivity contribution is -0.128. The van der Waals surface area contributed by atoms with Gasteiger partial charge in [0.25, 0.3) is 5.89 Å². The number of halogens is 3. The van der Waals surface area contributed by atoms with Crippen LogP contribution in [-0.2, 0) is 16.8 Å². The average Bonchev–Trinajstić information content (AvgIpc) is 3.23. The van der Waals surface area contributed by atoms with E-state index in [1.807, 2.05) is 0 Å². The maximum atomic E-state index is 12.5. The number of aromatic nitrogens is 2. The van der Waals surface area contributed by atoms with Gasteiger partial charge in [0.1, 0.15) is 12.0 Å². The van der Waals surface area contributed by atoms with Crippen LogP contribution < -0.4 is 0 Å². The molecule has 2 heterocycles. The van der Waals surface area contributed by atoms with Gasteiger partial charge in [0.2, 0.25) is 0 Å². The second-order valence-electron chi connectivity index (χ2n) is 6.83. The number of piperidine rings is 1. The maximum absolute atomic E-state index is 12.5. The molecule has 1 saturated carbocycles. The zero-order chi connectivity index (χ0) is 18.1. The Morgan fingerprint density at radius 2 is 2.08 bits per heavy atom. The van der Waals surface area contributed by atoms with Crippen molar-refractivity contribution >= 4 is 0 Å². The summed E-state index contributed by atoms with van der Waals surface area (Å²) in [6, 6.07) is 2.72. The smallest absolute Gasteiger partial charge is 0.368 e. The SMILES string of the molecule is COC1(c2nc(CC(F)(F)F)no2)CCN(C2CCC(C#N)C2)CC1. The fourth-order valence-electron chi connectivity index (χ4n) is 3.85. The first-order valence-corrected chi connectivity index (χ1v) is 8.44. The monoisotopic (exact) mass is 358 g/mol. The van der Waals surface area contributed by atoms with Crippen molar-refractivity contribution in [3.8, 4) is 6.07 Å². The predicted octanol–water partition coefficient (Wildman–Crippen LogP) is 2.80. The number of ether oxygens (including phenoxy) is 1. The summed E-state index contributed by atoms with van der Waals surface area (Å²) in [5.74, 6) is -0.121. The molecule has 9 heteroatoms. The molecule has 3 rings (SSSR count). The van der Waals surface area contributed by atoms with Crippen LogP contribution in [0.15, 0.2) is 4.52 Å². The molecule has 0 bridgehead atoms. The molecule has 138 valence electrons. The molecule has 1 aliphatic heterocycles. The van der Waals surface area contributed by atoms with Crippen LogP contribution in [-0.4, -0.2) is 47.5 Å². The van der Waals surface area contributed by atoms with E-state index in [1.165, 1.54) is 7.11 Å². The first-order valence-electron chi connectivity index (χ1n) is 8.44. The Morgan fingerprint density at radius 1 is 1.36 bits per heavy atom. The topological polar surface area (TPSA) is 75.2 Å². The lowest BCUT2D eigenvalue weighted by Crippen LogP contribution is -2.47. The van der Waals surface area contributed by atoms with Crippen LogP contribution >= 0.6 is 0 Å². The first-order chi connectivity index (χ1) is 11.8. The lowest BCUT2D eigenvalue weighted by atomic mass is 9.89. The van der Waals surface area contributed by atoms with Gasteiger partial charge in [-0.2, -0.15) is 23.4 Å². The van der Waals surface area contributed by atoms with Gasteiger partial charge in [0.05, 0.1) is 6.07 Å². The van der Waals surface area contributed by atoms with Gasteiger partial charge in [-0.25, -0.2) is 0 Å². The molecular formula is C16H21F3N4O2. The third kappa shape index (κ3) is 3.96. The minimum Gasteiger partial charge on any atom is -0.368 e. The zero-order valence-electron chi connectivity index (χ0n) is 14.1. The van der Waals surface area contributed by atoms with Gasteiger partial charge in [-0.3, -0.25) is 0 Å². The van der Waals surface area contributed by atoms with Crippen molar-refractivity contribution in [1.82, 2.24) is 15.0 Å². The first kappa shape index (κ1) is 18.1. The van der Waals surface area contributed by atoms with Gasteiger partial charge in [-0.15, -0.1) is 0 Å². The molecule has 25 heavy (non-hydrogen) atoms. The number of hydrogen-bond acceptors (Lipinski definition) is 6. The lowest BCUT2D eigenvalue weighted by Gasteiger charge is -2.40. The maximum Gasteiger partial charge on any atom is 0.396 e. The fourth-order valence-corrected chi connectivity index (χ4v) is 3.85. The molecule has 1 aliphatic carbocycles. The van der Waals surface area contributed by atoms with Crippen molar-refractivity contribution in [2.75, 3.05) is 20.2 Å². The Kier molecular flexibility index (Phi) is 5.02. The number of likely N-dealkylation sites (tertiary alicyclic amines) is 1. The molecule has 0 N–H and O–H groups in total. The van der Waals surface area contributed by atoms with Crippen molar-refractivity contribution in [3.05, 3.63) is 11.7 Å². The van der Waals surface area contributed by atoms with E-state index in [0.717, 1.165) is 32.4 Å². The third-order valence-electron chi connectivity index (χ3n) is 5.32. The van der Waals surface area contributed by atoms with Crippen LogP contribution in [0.2, 0.25) is 0 Å². The normalized spacial score (nSPS) is 27.3. The molecular weight excluding hydrogens is 337 g/mol. The Hall–Kier alpha value is -1.66. The highest BCUT2D eigenvalue weighted by molar-refractivity contribution is 5.05. The van der Waals surface area contributed by atoms with Crippen LogP contribution in [0.5, 0.6) is 0 Å². The van der Waals surface area contributed by atoms with Crippen molar-refractivity contribution in [2.24, 2.45) is 5.92 Å².